The highest BCUT2D eigenvalue weighted by molar-refractivity contribution is 9.10. The van der Waals surface area contributed by atoms with Crippen molar-refractivity contribution in [2.24, 2.45) is 0 Å². The Bertz CT molecular complexity index is 505. The Morgan fingerprint density at radius 3 is 2.78 bits per heavy atom. The first kappa shape index (κ1) is 14.0. The maximum Gasteiger partial charge on any atom is 0.240 e. The van der Waals surface area contributed by atoms with Crippen LogP contribution in [0.5, 0.6) is 0 Å². The summed E-state index contributed by atoms with van der Waals surface area (Å²) in [6.07, 6.45) is 1.89. The van der Waals surface area contributed by atoms with Gasteiger partial charge in [0.15, 0.2) is 0 Å². The van der Waals surface area contributed by atoms with Crippen LogP contribution in [-0.4, -0.2) is 27.5 Å². The van der Waals surface area contributed by atoms with E-state index in [-0.39, 0.29) is 6.04 Å². The Balaban J connectivity index is 2.19. The fourth-order valence-corrected chi connectivity index (χ4v) is 4.26. The van der Waals surface area contributed by atoms with Crippen LogP contribution < -0.4 is 10.0 Å². The zero-order valence-corrected chi connectivity index (χ0v) is 12.6. The Kier molecular flexibility index (Phi) is 4.42. The quantitative estimate of drug-likeness (QED) is 0.887. The van der Waals surface area contributed by atoms with Crippen LogP contribution in [0.4, 0.5) is 0 Å². The third kappa shape index (κ3) is 3.54. The van der Waals surface area contributed by atoms with Gasteiger partial charge in [0.1, 0.15) is 0 Å². The highest BCUT2D eigenvalue weighted by Crippen LogP contribution is 2.19. The van der Waals surface area contributed by atoms with Crippen LogP contribution >= 0.6 is 15.9 Å². The molecule has 1 aliphatic heterocycles. The molecule has 1 unspecified atom stereocenters. The van der Waals surface area contributed by atoms with Gasteiger partial charge in [-0.05, 0) is 50.1 Å². The summed E-state index contributed by atoms with van der Waals surface area (Å²) in [6.45, 7) is 3.55. The zero-order valence-electron chi connectivity index (χ0n) is 10.2. The molecule has 0 bridgehead atoms. The second-order valence-corrected chi connectivity index (χ2v) is 7.26. The minimum absolute atomic E-state index is 0.0111. The van der Waals surface area contributed by atoms with Gasteiger partial charge in [-0.2, -0.15) is 0 Å². The number of aryl methyl sites for hydroxylation is 1. The van der Waals surface area contributed by atoms with Crippen molar-refractivity contribution < 1.29 is 8.42 Å². The molecule has 1 aromatic rings. The molecular formula is C12H17BrN2O2S. The molecule has 1 heterocycles. The highest BCUT2D eigenvalue weighted by atomic mass is 79.9. The molecule has 0 saturated carbocycles. The number of rotatable bonds is 3. The van der Waals surface area contributed by atoms with E-state index in [4.69, 9.17) is 0 Å². The maximum atomic E-state index is 12.2. The van der Waals surface area contributed by atoms with E-state index >= 15 is 0 Å². The number of nitrogens with one attached hydrogen (secondary N) is 2. The van der Waals surface area contributed by atoms with Crippen LogP contribution in [0.2, 0.25) is 0 Å². The summed E-state index contributed by atoms with van der Waals surface area (Å²) in [5, 5.41) is 3.20. The summed E-state index contributed by atoms with van der Waals surface area (Å²) < 4.78 is 28.0. The van der Waals surface area contributed by atoms with Gasteiger partial charge < -0.3 is 5.32 Å². The molecule has 1 aliphatic rings. The average molecular weight is 333 g/mol. The van der Waals surface area contributed by atoms with Crippen LogP contribution in [-0.2, 0) is 10.0 Å². The molecule has 100 valence electrons. The van der Waals surface area contributed by atoms with Crippen molar-refractivity contribution in [3.05, 3.63) is 28.2 Å². The topological polar surface area (TPSA) is 58.2 Å². The Hall–Kier alpha value is -0.430. The minimum Gasteiger partial charge on any atom is -0.315 e. The first-order valence-electron chi connectivity index (χ1n) is 5.97. The van der Waals surface area contributed by atoms with Gasteiger partial charge in [-0.25, -0.2) is 13.1 Å². The van der Waals surface area contributed by atoms with Crippen LogP contribution in [0.25, 0.3) is 0 Å². The molecule has 0 radical (unpaired) electrons. The standard InChI is InChI=1S/C12H17BrN2O2S/c1-9-5-10(13)7-12(6-9)18(16,17)15-11-3-2-4-14-8-11/h5-7,11,14-15H,2-4,8H2,1H3. The van der Waals surface area contributed by atoms with Crippen LogP contribution in [0.1, 0.15) is 18.4 Å². The van der Waals surface area contributed by atoms with Gasteiger partial charge in [0.05, 0.1) is 4.90 Å². The zero-order chi connectivity index (χ0) is 13.2. The van der Waals surface area contributed by atoms with Crippen LogP contribution in [0.15, 0.2) is 27.6 Å². The summed E-state index contributed by atoms with van der Waals surface area (Å²) in [5.74, 6) is 0. The molecule has 2 rings (SSSR count). The number of piperidine rings is 1. The largest absolute Gasteiger partial charge is 0.315 e. The molecule has 1 aromatic carbocycles. The van der Waals surface area contributed by atoms with E-state index in [0.29, 0.717) is 11.4 Å². The fourth-order valence-electron chi connectivity index (χ4n) is 2.10. The number of sulfonamides is 1. The number of benzene rings is 1. The second-order valence-electron chi connectivity index (χ2n) is 4.63. The SMILES string of the molecule is Cc1cc(Br)cc(S(=O)(=O)NC2CCCNC2)c1. The van der Waals surface area contributed by atoms with E-state index in [9.17, 15) is 8.42 Å². The minimum atomic E-state index is -3.42. The number of halogens is 1. The first-order chi connectivity index (χ1) is 8.47. The van der Waals surface area contributed by atoms with E-state index in [1.807, 2.05) is 13.0 Å². The molecular weight excluding hydrogens is 316 g/mol. The monoisotopic (exact) mass is 332 g/mol. The van der Waals surface area contributed by atoms with Gasteiger partial charge in [0, 0.05) is 17.1 Å². The lowest BCUT2D eigenvalue weighted by Gasteiger charge is -2.23. The Morgan fingerprint density at radius 2 is 2.17 bits per heavy atom. The molecule has 1 atom stereocenters. The van der Waals surface area contributed by atoms with E-state index in [1.54, 1.807) is 12.1 Å². The van der Waals surface area contributed by atoms with E-state index in [0.717, 1.165) is 29.4 Å². The van der Waals surface area contributed by atoms with Crippen molar-refractivity contribution in [3.8, 4) is 0 Å². The van der Waals surface area contributed by atoms with E-state index in [1.165, 1.54) is 0 Å². The predicted molar refractivity (Wildman–Crippen MR) is 75.1 cm³/mol. The van der Waals surface area contributed by atoms with Gasteiger partial charge in [-0.3, -0.25) is 0 Å². The fraction of sp³-hybridized carbons (Fsp3) is 0.500. The lowest BCUT2D eigenvalue weighted by atomic mass is 10.1. The van der Waals surface area contributed by atoms with Crippen molar-refractivity contribution in [1.82, 2.24) is 10.0 Å². The van der Waals surface area contributed by atoms with E-state index in [2.05, 4.69) is 26.0 Å². The summed E-state index contributed by atoms with van der Waals surface area (Å²) in [6, 6.07) is 5.19. The average Bonchev–Trinajstić information content (AvgIpc) is 2.28. The smallest absolute Gasteiger partial charge is 0.240 e. The lowest BCUT2D eigenvalue weighted by molar-refractivity contribution is 0.428. The molecule has 1 fully saturated rings. The molecule has 0 spiro atoms. The van der Waals surface area contributed by atoms with Crippen molar-refractivity contribution in [3.63, 3.8) is 0 Å². The molecule has 4 nitrogen and oxygen atoms in total. The normalized spacial score (nSPS) is 20.9. The van der Waals surface area contributed by atoms with Crippen LogP contribution in [0, 0.1) is 6.92 Å². The molecule has 2 N–H and O–H groups in total. The van der Waals surface area contributed by atoms with Crippen molar-refractivity contribution in [1.29, 1.82) is 0 Å². The number of hydrogen-bond donors (Lipinski definition) is 2. The van der Waals surface area contributed by atoms with Gasteiger partial charge in [-0.1, -0.05) is 15.9 Å². The van der Waals surface area contributed by atoms with Gasteiger partial charge in [0.2, 0.25) is 10.0 Å². The third-order valence-corrected chi connectivity index (χ3v) is 4.90. The summed E-state index contributed by atoms with van der Waals surface area (Å²) in [5.41, 5.74) is 0.923. The van der Waals surface area contributed by atoms with Crippen molar-refractivity contribution >= 4 is 26.0 Å². The summed E-state index contributed by atoms with van der Waals surface area (Å²) >= 11 is 3.33. The molecule has 0 aliphatic carbocycles. The third-order valence-electron chi connectivity index (χ3n) is 2.94. The highest BCUT2D eigenvalue weighted by Gasteiger charge is 2.21. The summed E-state index contributed by atoms with van der Waals surface area (Å²) in [4.78, 5) is 0.319. The molecule has 1 saturated heterocycles. The molecule has 0 amide bonds. The van der Waals surface area contributed by atoms with Gasteiger partial charge >= 0.3 is 0 Å². The van der Waals surface area contributed by atoms with Gasteiger partial charge in [-0.15, -0.1) is 0 Å². The summed E-state index contributed by atoms with van der Waals surface area (Å²) in [7, 11) is -3.42. The lowest BCUT2D eigenvalue weighted by Crippen LogP contribution is -2.45. The van der Waals surface area contributed by atoms with Crippen molar-refractivity contribution in [2.45, 2.75) is 30.7 Å². The van der Waals surface area contributed by atoms with Gasteiger partial charge in [0.25, 0.3) is 0 Å². The predicted octanol–water partition coefficient (Wildman–Crippen LogP) is 1.79. The van der Waals surface area contributed by atoms with Crippen molar-refractivity contribution in [2.75, 3.05) is 13.1 Å². The van der Waals surface area contributed by atoms with E-state index < -0.39 is 10.0 Å². The molecule has 18 heavy (non-hydrogen) atoms. The Labute approximate surface area is 116 Å². The first-order valence-corrected chi connectivity index (χ1v) is 8.25. The van der Waals surface area contributed by atoms with Crippen LogP contribution in [0.3, 0.4) is 0 Å². The molecule has 0 aromatic heterocycles. The Morgan fingerprint density at radius 1 is 1.39 bits per heavy atom. The molecule has 6 heteroatoms. The number of hydrogen-bond acceptors (Lipinski definition) is 3. The second kappa shape index (κ2) is 5.69. The maximum absolute atomic E-state index is 12.2.